The van der Waals surface area contributed by atoms with Crippen LogP contribution in [0.15, 0.2) is 29.3 Å². The number of ether oxygens (including phenoxy) is 1. The second-order valence-electron chi connectivity index (χ2n) is 6.69. The first-order valence-electron chi connectivity index (χ1n) is 9.49. The molecule has 1 saturated heterocycles. The summed E-state index contributed by atoms with van der Waals surface area (Å²) in [5.74, 6) is 0.949. The van der Waals surface area contributed by atoms with Crippen molar-refractivity contribution in [2.75, 3.05) is 32.7 Å². The predicted octanol–water partition coefficient (Wildman–Crippen LogP) is 3.37. The van der Waals surface area contributed by atoms with Crippen LogP contribution in [0.4, 0.5) is 13.2 Å². The fraction of sp³-hybridized carbons (Fsp3) is 0.632. The summed E-state index contributed by atoms with van der Waals surface area (Å²) in [4.78, 5) is 6.88. The number of para-hydroxylation sites is 1. The summed E-state index contributed by atoms with van der Waals surface area (Å²) >= 11 is 0. The maximum atomic E-state index is 12.5. The zero-order chi connectivity index (χ0) is 19.7. The second-order valence-corrected chi connectivity index (χ2v) is 6.69. The van der Waals surface area contributed by atoms with E-state index in [1.165, 1.54) is 12.1 Å². The molecule has 0 amide bonds. The lowest BCUT2D eigenvalue weighted by atomic mass is 10.1. The topological polar surface area (TPSA) is 48.9 Å². The fourth-order valence-electron chi connectivity index (χ4n) is 3.20. The van der Waals surface area contributed by atoms with Gasteiger partial charge in [-0.25, -0.2) is 4.99 Å². The maximum absolute atomic E-state index is 12.5. The van der Waals surface area contributed by atoms with Crippen LogP contribution in [0.25, 0.3) is 0 Å². The average molecular weight is 386 g/mol. The van der Waals surface area contributed by atoms with E-state index in [4.69, 9.17) is 0 Å². The van der Waals surface area contributed by atoms with Gasteiger partial charge in [-0.15, -0.1) is 13.2 Å². The molecule has 1 unspecified atom stereocenters. The molecule has 2 rings (SSSR count). The van der Waals surface area contributed by atoms with Crippen molar-refractivity contribution in [1.82, 2.24) is 15.5 Å². The summed E-state index contributed by atoms with van der Waals surface area (Å²) in [6.07, 6.45) is -2.41. The highest BCUT2D eigenvalue weighted by atomic mass is 19.4. The number of nitrogens with zero attached hydrogens (tertiary/aromatic N) is 2. The van der Waals surface area contributed by atoms with E-state index in [1.54, 1.807) is 12.1 Å². The molecule has 1 aliphatic heterocycles. The van der Waals surface area contributed by atoms with Crippen LogP contribution in [0, 0.1) is 5.92 Å². The van der Waals surface area contributed by atoms with Crippen LogP contribution in [0.2, 0.25) is 0 Å². The number of halogens is 3. The number of likely N-dealkylation sites (tertiary alicyclic amines) is 1. The summed E-state index contributed by atoms with van der Waals surface area (Å²) < 4.78 is 41.7. The summed E-state index contributed by atoms with van der Waals surface area (Å²) in [6, 6.07) is 6.09. The Labute approximate surface area is 159 Å². The molecule has 1 atom stereocenters. The average Bonchev–Trinajstić information content (AvgIpc) is 3.05. The normalized spacial score (nSPS) is 18.6. The van der Waals surface area contributed by atoms with E-state index in [0.717, 1.165) is 39.0 Å². The number of hydrogen-bond donors (Lipinski definition) is 2. The zero-order valence-electron chi connectivity index (χ0n) is 16.0. The first-order chi connectivity index (χ1) is 12.9. The van der Waals surface area contributed by atoms with Gasteiger partial charge in [-0.3, -0.25) is 0 Å². The SMILES string of the molecule is CCCN1CCC(CNC(=NCc2ccccc2OC(F)(F)F)NCC)C1. The van der Waals surface area contributed by atoms with Crippen LogP contribution < -0.4 is 15.4 Å². The molecule has 0 aromatic heterocycles. The summed E-state index contributed by atoms with van der Waals surface area (Å²) in [5, 5.41) is 6.46. The Morgan fingerprint density at radius 3 is 2.74 bits per heavy atom. The minimum atomic E-state index is -4.71. The van der Waals surface area contributed by atoms with Crippen molar-refractivity contribution in [3.8, 4) is 5.75 Å². The Kier molecular flexibility index (Phi) is 8.22. The van der Waals surface area contributed by atoms with Crippen LogP contribution in [0.5, 0.6) is 5.75 Å². The Morgan fingerprint density at radius 1 is 1.26 bits per heavy atom. The smallest absolute Gasteiger partial charge is 0.405 e. The number of aliphatic imine (C=N–C) groups is 1. The van der Waals surface area contributed by atoms with Crippen LogP contribution in [-0.4, -0.2) is 49.9 Å². The predicted molar refractivity (Wildman–Crippen MR) is 101 cm³/mol. The molecule has 0 radical (unpaired) electrons. The number of nitrogens with one attached hydrogen (secondary N) is 2. The number of hydrogen-bond acceptors (Lipinski definition) is 3. The number of alkyl halides is 3. The van der Waals surface area contributed by atoms with Crippen LogP contribution >= 0.6 is 0 Å². The van der Waals surface area contributed by atoms with Crippen molar-refractivity contribution in [2.24, 2.45) is 10.9 Å². The molecule has 0 spiro atoms. The van der Waals surface area contributed by atoms with E-state index in [-0.39, 0.29) is 12.3 Å². The van der Waals surface area contributed by atoms with Gasteiger partial charge in [0.05, 0.1) is 6.54 Å². The Bertz CT molecular complexity index is 607. The van der Waals surface area contributed by atoms with Crippen molar-refractivity contribution in [3.05, 3.63) is 29.8 Å². The summed E-state index contributed by atoms with van der Waals surface area (Å²) in [6.45, 7) is 9.04. The van der Waals surface area contributed by atoms with Crippen molar-refractivity contribution < 1.29 is 17.9 Å². The number of rotatable bonds is 8. The van der Waals surface area contributed by atoms with E-state index in [1.807, 2.05) is 6.92 Å². The molecule has 0 aliphatic carbocycles. The van der Waals surface area contributed by atoms with E-state index < -0.39 is 6.36 Å². The Morgan fingerprint density at radius 2 is 2.04 bits per heavy atom. The number of guanidine groups is 1. The largest absolute Gasteiger partial charge is 0.573 e. The molecular formula is C19H29F3N4O. The van der Waals surface area contributed by atoms with Gasteiger partial charge in [0.1, 0.15) is 5.75 Å². The zero-order valence-corrected chi connectivity index (χ0v) is 16.0. The van der Waals surface area contributed by atoms with Crippen molar-refractivity contribution in [1.29, 1.82) is 0 Å². The molecular weight excluding hydrogens is 357 g/mol. The molecule has 1 fully saturated rings. The molecule has 0 bridgehead atoms. The van der Waals surface area contributed by atoms with Crippen LogP contribution in [-0.2, 0) is 6.54 Å². The van der Waals surface area contributed by atoms with E-state index in [9.17, 15) is 13.2 Å². The van der Waals surface area contributed by atoms with Gasteiger partial charge in [0.25, 0.3) is 0 Å². The summed E-state index contributed by atoms with van der Waals surface area (Å²) in [5.41, 5.74) is 0.391. The quantitative estimate of drug-likeness (QED) is 0.531. The maximum Gasteiger partial charge on any atom is 0.573 e. The third kappa shape index (κ3) is 7.66. The van der Waals surface area contributed by atoms with Gasteiger partial charge in [0, 0.05) is 25.2 Å². The van der Waals surface area contributed by atoms with E-state index in [2.05, 4.69) is 32.2 Å². The van der Waals surface area contributed by atoms with Gasteiger partial charge >= 0.3 is 6.36 Å². The van der Waals surface area contributed by atoms with Crippen molar-refractivity contribution in [2.45, 2.75) is 39.6 Å². The Hall–Kier alpha value is -1.96. The lowest BCUT2D eigenvalue weighted by Crippen LogP contribution is -2.40. The van der Waals surface area contributed by atoms with Crippen molar-refractivity contribution in [3.63, 3.8) is 0 Å². The lowest BCUT2D eigenvalue weighted by molar-refractivity contribution is -0.274. The third-order valence-electron chi connectivity index (χ3n) is 4.42. The molecule has 1 aromatic rings. The first kappa shape index (κ1) is 21.3. The van der Waals surface area contributed by atoms with Crippen LogP contribution in [0.1, 0.15) is 32.3 Å². The standard InChI is InChI=1S/C19H29F3N4O/c1-3-10-26-11-9-15(14-26)12-24-18(23-4-2)25-13-16-7-5-6-8-17(16)27-19(20,21)22/h5-8,15H,3-4,9-14H2,1-2H3,(H2,23,24,25). The number of benzene rings is 1. The van der Waals surface area contributed by atoms with Crippen LogP contribution in [0.3, 0.4) is 0 Å². The highest BCUT2D eigenvalue weighted by Crippen LogP contribution is 2.26. The second kappa shape index (κ2) is 10.4. The van der Waals surface area contributed by atoms with E-state index in [0.29, 0.717) is 24.0 Å². The fourth-order valence-corrected chi connectivity index (χ4v) is 3.20. The first-order valence-corrected chi connectivity index (χ1v) is 9.49. The molecule has 1 aliphatic rings. The van der Waals surface area contributed by atoms with Gasteiger partial charge in [0.2, 0.25) is 0 Å². The third-order valence-corrected chi connectivity index (χ3v) is 4.42. The molecule has 1 heterocycles. The van der Waals surface area contributed by atoms with E-state index >= 15 is 0 Å². The van der Waals surface area contributed by atoms with Crippen molar-refractivity contribution >= 4 is 5.96 Å². The molecule has 152 valence electrons. The molecule has 27 heavy (non-hydrogen) atoms. The molecule has 0 saturated carbocycles. The highest BCUT2D eigenvalue weighted by molar-refractivity contribution is 5.79. The van der Waals surface area contributed by atoms with Gasteiger partial charge in [-0.2, -0.15) is 0 Å². The molecule has 8 heteroatoms. The molecule has 5 nitrogen and oxygen atoms in total. The van der Waals surface area contributed by atoms with Gasteiger partial charge in [-0.1, -0.05) is 25.1 Å². The minimum Gasteiger partial charge on any atom is -0.405 e. The van der Waals surface area contributed by atoms with Gasteiger partial charge in [-0.05, 0) is 44.8 Å². The lowest BCUT2D eigenvalue weighted by Gasteiger charge is -2.17. The molecule has 2 N–H and O–H groups in total. The minimum absolute atomic E-state index is 0.105. The molecule has 1 aromatic carbocycles. The Balaban J connectivity index is 1.94. The summed E-state index contributed by atoms with van der Waals surface area (Å²) in [7, 11) is 0. The van der Waals surface area contributed by atoms with Gasteiger partial charge < -0.3 is 20.3 Å². The monoisotopic (exact) mass is 386 g/mol. The van der Waals surface area contributed by atoms with Gasteiger partial charge in [0.15, 0.2) is 5.96 Å². The highest BCUT2D eigenvalue weighted by Gasteiger charge is 2.32.